The highest BCUT2D eigenvalue weighted by atomic mass is 127. The number of hydrogen-bond acceptors (Lipinski definition) is 3. The van der Waals surface area contributed by atoms with Crippen LogP contribution in [-0.2, 0) is 11.5 Å². The number of amides is 1. The van der Waals surface area contributed by atoms with Gasteiger partial charge in [0.1, 0.15) is 12.5 Å². The van der Waals surface area contributed by atoms with Crippen LogP contribution in [0.5, 0.6) is 0 Å². The van der Waals surface area contributed by atoms with Crippen molar-refractivity contribution in [2.75, 3.05) is 4.90 Å². The fraction of sp³-hybridized carbons (Fsp3) is 0.261. The van der Waals surface area contributed by atoms with Crippen molar-refractivity contribution in [3.05, 3.63) is 69.6 Å². The van der Waals surface area contributed by atoms with Gasteiger partial charge in [-0.15, -0.1) is 0 Å². The number of halogens is 3. The number of H-pyrrole nitrogens is 1. The van der Waals surface area contributed by atoms with Crippen LogP contribution in [0, 0.1) is 21.2 Å². The maximum Gasteiger partial charge on any atom is 0.233 e. The van der Waals surface area contributed by atoms with Gasteiger partial charge in [-0.3, -0.25) is 4.79 Å². The molecule has 0 bridgehead atoms. The summed E-state index contributed by atoms with van der Waals surface area (Å²) in [6.45, 7) is -0.673. The molecule has 3 heterocycles. The molecule has 9 heteroatoms. The highest BCUT2D eigenvalue weighted by Gasteiger charge is 2.56. The monoisotopic (exact) mass is 545 g/mol. The summed E-state index contributed by atoms with van der Waals surface area (Å²) in [7, 11) is 0. The highest BCUT2D eigenvalue weighted by molar-refractivity contribution is 14.1. The van der Waals surface area contributed by atoms with Gasteiger partial charge in [-0.1, -0.05) is 0 Å². The summed E-state index contributed by atoms with van der Waals surface area (Å²) in [5.74, 6) is -0.280. The third kappa shape index (κ3) is 3.05. The zero-order chi connectivity index (χ0) is 22.0. The molecule has 2 aliphatic rings. The number of aromatic nitrogens is 4. The molecule has 0 unspecified atom stereocenters. The van der Waals surface area contributed by atoms with E-state index in [2.05, 4.69) is 37.7 Å². The molecule has 6 nitrogen and oxygen atoms in total. The maximum atomic E-state index is 15.6. The first kappa shape index (κ1) is 19.8. The first-order chi connectivity index (χ1) is 15.5. The van der Waals surface area contributed by atoms with Crippen molar-refractivity contribution >= 4 is 45.2 Å². The zero-order valence-corrected chi connectivity index (χ0v) is 19.0. The van der Waals surface area contributed by atoms with Gasteiger partial charge in [0.15, 0.2) is 0 Å². The van der Waals surface area contributed by atoms with Gasteiger partial charge in [-0.25, -0.2) is 18.4 Å². The summed E-state index contributed by atoms with van der Waals surface area (Å²) in [4.78, 5) is 22.2. The lowest BCUT2D eigenvalue weighted by molar-refractivity contribution is -0.131. The molecule has 4 aromatic rings. The lowest BCUT2D eigenvalue weighted by Gasteiger charge is -2.48. The Kier molecular flexibility index (Phi) is 4.56. The maximum absolute atomic E-state index is 15.6. The van der Waals surface area contributed by atoms with Gasteiger partial charge in [-0.05, 0) is 77.7 Å². The molecule has 32 heavy (non-hydrogen) atoms. The van der Waals surface area contributed by atoms with E-state index in [0.717, 1.165) is 29.6 Å². The fourth-order valence-electron chi connectivity index (χ4n) is 4.66. The number of nitrogens with zero attached hydrogens (tertiary/aromatic N) is 4. The fourth-order valence-corrected chi connectivity index (χ4v) is 5.55. The molecular formula is C23H18F2IN5O. The average molecular weight is 545 g/mol. The number of fused-ring (bicyclic) bond motifs is 1. The van der Waals surface area contributed by atoms with Crippen LogP contribution in [0.1, 0.15) is 30.1 Å². The van der Waals surface area contributed by atoms with E-state index in [4.69, 9.17) is 0 Å². The van der Waals surface area contributed by atoms with Crippen LogP contribution in [0.2, 0.25) is 0 Å². The molecule has 2 fully saturated rings. The quantitative estimate of drug-likeness (QED) is 0.281. The predicted octanol–water partition coefficient (Wildman–Crippen LogP) is 5.08. The van der Waals surface area contributed by atoms with Crippen molar-refractivity contribution < 1.29 is 13.6 Å². The Labute approximate surface area is 195 Å². The third-order valence-electron chi connectivity index (χ3n) is 6.36. The van der Waals surface area contributed by atoms with E-state index in [1.807, 2.05) is 24.3 Å². The summed E-state index contributed by atoms with van der Waals surface area (Å²) in [6, 6.07) is 10.1. The molecule has 162 valence electrons. The van der Waals surface area contributed by atoms with E-state index in [0.29, 0.717) is 26.4 Å². The molecule has 1 aliphatic heterocycles. The smallest absolute Gasteiger partial charge is 0.233 e. The molecule has 1 N–H and O–H groups in total. The van der Waals surface area contributed by atoms with Crippen molar-refractivity contribution in [3.63, 3.8) is 0 Å². The minimum Gasteiger partial charge on any atom is -0.345 e. The number of imidazole rings is 1. The number of alkyl halides is 1. The number of carbonyl (C=O) groups excluding carboxylic acids is 1. The number of nitrogens with one attached hydrogen (secondary N) is 1. The number of β-lactam (4-membered cyclic amide) rings is 1. The molecule has 1 amide bonds. The second-order valence-electron chi connectivity index (χ2n) is 8.33. The van der Waals surface area contributed by atoms with Crippen molar-refractivity contribution in [3.8, 4) is 5.69 Å². The van der Waals surface area contributed by atoms with Gasteiger partial charge in [0.25, 0.3) is 0 Å². The molecule has 2 atom stereocenters. The number of carbonyl (C=O) groups is 1. The lowest BCUT2D eigenvalue weighted by Crippen LogP contribution is -2.56. The Hall–Kier alpha value is -2.82. The van der Waals surface area contributed by atoms with E-state index in [-0.39, 0.29) is 17.9 Å². The number of benzene rings is 2. The van der Waals surface area contributed by atoms with E-state index < -0.39 is 12.5 Å². The normalized spacial score (nSPS) is 20.7. The SMILES string of the molecule is O=C1[C@@H](C2CC2)[C@@H](c2c(F)cc(-n3ccc(CF)n3)cc2I)N1c1ccc2[nH]cnc2c1. The Morgan fingerprint density at radius 3 is 2.72 bits per heavy atom. The topological polar surface area (TPSA) is 66.8 Å². The largest absolute Gasteiger partial charge is 0.345 e. The Morgan fingerprint density at radius 1 is 1.16 bits per heavy atom. The molecule has 2 aromatic heterocycles. The summed E-state index contributed by atoms with van der Waals surface area (Å²) in [6.07, 6.45) is 5.22. The van der Waals surface area contributed by atoms with E-state index in [1.54, 1.807) is 23.5 Å². The van der Waals surface area contributed by atoms with Crippen LogP contribution in [0.3, 0.4) is 0 Å². The Bertz CT molecular complexity index is 1340. The molecule has 1 aliphatic carbocycles. The lowest BCUT2D eigenvalue weighted by atomic mass is 9.78. The number of hydrogen-bond donors (Lipinski definition) is 1. The second kappa shape index (κ2) is 7.36. The summed E-state index contributed by atoms with van der Waals surface area (Å²) in [5.41, 5.74) is 3.70. The van der Waals surface area contributed by atoms with Gasteiger partial charge in [0.05, 0.1) is 40.7 Å². The highest BCUT2D eigenvalue weighted by Crippen LogP contribution is 2.55. The first-order valence-electron chi connectivity index (χ1n) is 10.4. The first-order valence-corrected chi connectivity index (χ1v) is 11.5. The molecule has 1 saturated heterocycles. The zero-order valence-electron chi connectivity index (χ0n) is 16.8. The van der Waals surface area contributed by atoms with Gasteiger partial charge in [-0.2, -0.15) is 5.10 Å². The predicted molar refractivity (Wildman–Crippen MR) is 124 cm³/mol. The van der Waals surface area contributed by atoms with Crippen LogP contribution in [-0.4, -0.2) is 25.7 Å². The van der Waals surface area contributed by atoms with Crippen LogP contribution < -0.4 is 4.90 Å². The van der Waals surface area contributed by atoms with Crippen molar-refractivity contribution in [2.45, 2.75) is 25.6 Å². The van der Waals surface area contributed by atoms with Crippen LogP contribution in [0.15, 0.2) is 48.9 Å². The minimum atomic E-state index is -0.673. The number of aromatic amines is 1. The second-order valence-corrected chi connectivity index (χ2v) is 9.49. The molecule has 1 saturated carbocycles. The van der Waals surface area contributed by atoms with Crippen LogP contribution >= 0.6 is 22.6 Å². The van der Waals surface area contributed by atoms with E-state index in [9.17, 15) is 9.18 Å². The summed E-state index contributed by atoms with van der Waals surface area (Å²) in [5, 5.41) is 4.14. The van der Waals surface area contributed by atoms with Gasteiger partial charge < -0.3 is 9.88 Å². The Balaban J connectivity index is 1.43. The number of rotatable bonds is 5. The third-order valence-corrected chi connectivity index (χ3v) is 7.25. The molecule has 0 radical (unpaired) electrons. The molecule has 2 aromatic carbocycles. The molecule has 0 spiro atoms. The molecule has 6 rings (SSSR count). The van der Waals surface area contributed by atoms with Gasteiger partial charge >= 0.3 is 0 Å². The van der Waals surface area contributed by atoms with Crippen molar-refractivity contribution in [1.29, 1.82) is 0 Å². The van der Waals surface area contributed by atoms with E-state index >= 15 is 4.39 Å². The van der Waals surface area contributed by atoms with Crippen LogP contribution in [0.4, 0.5) is 14.5 Å². The van der Waals surface area contributed by atoms with Crippen LogP contribution in [0.25, 0.3) is 16.7 Å². The standard InChI is InChI=1S/C23H18F2IN5O/c24-10-13-5-6-30(29-13)15-7-16(25)21(17(26)8-15)22-20(12-1-2-12)23(32)31(22)14-3-4-18-19(9-14)28-11-27-18/h3-9,11-12,20,22H,1-2,10H2,(H,27,28)/t20-,22-/m0/s1. The summed E-state index contributed by atoms with van der Waals surface area (Å²) >= 11 is 2.12. The van der Waals surface area contributed by atoms with E-state index in [1.165, 1.54) is 10.7 Å². The Morgan fingerprint density at radius 2 is 2.00 bits per heavy atom. The van der Waals surface area contributed by atoms with Crippen molar-refractivity contribution in [1.82, 2.24) is 19.7 Å². The van der Waals surface area contributed by atoms with Gasteiger partial charge in [0, 0.05) is 21.0 Å². The van der Waals surface area contributed by atoms with Gasteiger partial charge in [0.2, 0.25) is 5.91 Å². The van der Waals surface area contributed by atoms with Crippen molar-refractivity contribution in [2.24, 2.45) is 11.8 Å². The average Bonchev–Trinajstić information content (AvgIpc) is 3.28. The summed E-state index contributed by atoms with van der Waals surface area (Å²) < 4.78 is 30.6. The molecular weight excluding hydrogens is 527 g/mol. The minimum absolute atomic E-state index is 0.0336. The number of anilines is 1.